The fourth-order valence-corrected chi connectivity index (χ4v) is 2.23. The van der Waals surface area contributed by atoms with Crippen LogP contribution in [0.5, 0.6) is 0 Å². The van der Waals surface area contributed by atoms with Crippen LogP contribution in [-0.4, -0.2) is 17.5 Å². The zero-order chi connectivity index (χ0) is 14.4. The van der Waals surface area contributed by atoms with Gasteiger partial charge in [-0.05, 0) is 37.2 Å². The third kappa shape index (κ3) is 3.27. The number of nitrogens with zero attached hydrogens (tertiary/aromatic N) is 1. The molecule has 1 heterocycles. The van der Waals surface area contributed by atoms with Crippen LogP contribution in [0.25, 0.3) is 0 Å². The molecule has 0 atom stereocenters. The summed E-state index contributed by atoms with van der Waals surface area (Å²) in [6.45, 7) is 3.68. The molecule has 0 aliphatic carbocycles. The third-order valence-corrected chi connectivity index (χ3v) is 3.16. The number of nitrogens with one attached hydrogen (secondary N) is 2. The second kappa shape index (κ2) is 6.91. The van der Waals surface area contributed by atoms with Crippen LogP contribution in [0.1, 0.15) is 29.4 Å². The van der Waals surface area contributed by atoms with E-state index in [1.165, 1.54) is 0 Å². The Kier molecular flexibility index (Phi) is 4.96. The van der Waals surface area contributed by atoms with Crippen LogP contribution >= 0.6 is 0 Å². The molecule has 2 rings (SSSR count). The molecule has 0 aliphatic rings. The van der Waals surface area contributed by atoms with Crippen LogP contribution in [0.2, 0.25) is 0 Å². The van der Waals surface area contributed by atoms with Crippen LogP contribution in [-0.2, 0) is 13.1 Å². The zero-order valence-corrected chi connectivity index (χ0v) is 12.0. The lowest BCUT2D eigenvalue weighted by Crippen LogP contribution is -2.18. The average Bonchev–Trinajstić information content (AvgIpc) is 2.90. The molecule has 0 saturated heterocycles. The van der Waals surface area contributed by atoms with Gasteiger partial charge in [0.25, 0.3) is 5.91 Å². The van der Waals surface area contributed by atoms with Gasteiger partial charge in [-0.3, -0.25) is 4.79 Å². The van der Waals surface area contributed by atoms with Crippen molar-refractivity contribution < 1.29 is 4.79 Å². The van der Waals surface area contributed by atoms with Crippen molar-refractivity contribution in [1.29, 1.82) is 0 Å². The van der Waals surface area contributed by atoms with E-state index < -0.39 is 0 Å². The minimum absolute atomic E-state index is 0.0630. The first-order valence-corrected chi connectivity index (χ1v) is 6.95. The van der Waals surface area contributed by atoms with Gasteiger partial charge in [0, 0.05) is 25.0 Å². The molecule has 1 aromatic carbocycles. The maximum atomic E-state index is 12.4. The molecule has 0 fully saturated rings. The summed E-state index contributed by atoms with van der Waals surface area (Å²) in [4.78, 5) is 12.4. The molecule has 0 bridgehead atoms. The molecule has 0 saturated carbocycles. The summed E-state index contributed by atoms with van der Waals surface area (Å²) in [5.74, 6) is -0.0630. The summed E-state index contributed by atoms with van der Waals surface area (Å²) in [6, 6.07) is 11.6. The molecule has 2 N–H and O–H groups in total. The molecule has 0 spiro atoms. The molecule has 1 aromatic heterocycles. The molecule has 106 valence electrons. The highest BCUT2D eigenvalue weighted by atomic mass is 16.1. The molecule has 4 heteroatoms. The van der Waals surface area contributed by atoms with E-state index in [2.05, 4.69) is 17.6 Å². The van der Waals surface area contributed by atoms with E-state index >= 15 is 0 Å². The summed E-state index contributed by atoms with van der Waals surface area (Å²) in [7, 11) is 1.89. The summed E-state index contributed by atoms with van der Waals surface area (Å²) < 4.78 is 1.98. The Morgan fingerprint density at radius 2 is 2.00 bits per heavy atom. The van der Waals surface area contributed by atoms with Crippen molar-refractivity contribution in [1.82, 2.24) is 9.88 Å². The predicted octanol–water partition coefficient (Wildman–Crippen LogP) is 2.87. The van der Waals surface area contributed by atoms with Crippen LogP contribution in [0, 0.1) is 0 Å². The van der Waals surface area contributed by atoms with Gasteiger partial charge in [0.2, 0.25) is 0 Å². The fraction of sp³-hybridized carbons (Fsp3) is 0.312. The number of aryl methyl sites for hydroxylation is 1. The maximum absolute atomic E-state index is 12.4. The number of carbonyl (C=O) groups excluding carboxylic acids is 1. The van der Waals surface area contributed by atoms with Gasteiger partial charge >= 0.3 is 0 Å². The normalized spacial score (nSPS) is 10.5. The Morgan fingerprint density at radius 3 is 2.75 bits per heavy atom. The molecule has 0 radical (unpaired) electrons. The third-order valence-electron chi connectivity index (χ3n) is 3.16. The topological polar surface area (TPSA) is 46.1 Å². The monoisotopic (exact) mass is 271 g/mol. The van der Waals surface area contributed by atoms with Crippen molar-refractivity contribution >= 4 is 11.6 Å². The van der Waals surface area contributed by atoms with E-state index in [9.17, 15) is 4.79 Å². The van der Waals surface area contributed by atoms with E-state index in [-0.39, 0.29) is 5.91 Å². The predicted molar refractivity (Wildman–Crippen MR) is 81.9 cm³/mol. The lowest BCUT2D eigenvalue weighted by Gasteiger charge is -2.12. The minimum atomic E-state index is -0.0630. The van der Waals surface area contributed by atoms with Gasteiger partial charge < -0.3 is 15.2 Å². The summed E-state index contributed by atoms with van der Waals surface area (Å²) in [6.07, 6.45) is 2.95. The number of benzene rings is 1. The van der Waals surface area contributed by atoms with Gasteiger partial charge in [-0.2, -0.15) is 0 Å². The largest absolute Gasteiger partial charge is 0.344 e. The summed E-state index contributed by atoms with van der Waals surface area (Å²) in [5.41, 5.74) is 2.64. The molecule has 2 aromatic rings. The number of anilines is 1. The Bertz CT molecular complexity index is 575. The fourth-order valence-electron chi connectivity index (χ4n) is 2.23. The van der Waals surface area contributed by atoms with Crippen molar-refractivity contribution in [2.75, 3.05) is 12.4 Å². The molecule has 4 nitrogen and oxygen atoms in total. The van der Waals surface area contributed by atoms with Crippen molar-refractivity contribution in [3.63, 3.8) is 0 Å². The van der Waals surface area contributed by atoms with Crippen LogP contribution in [0.4, 0.5) is 5.69 Å². The van der Waals surface area contributed by atoms with Crippen LogP contribution in [0.3, 0.4) is 0 Å². The van der Waals surface area contributed by atoms with E-state index in [4.69, 9.17) is 0 Å². The molecular formula is C16H21N3O. The SMILES string of the molecule is CCCn1cccc1C(=O)Nc1ccccc1CNC. The summed E-state index contributed by atoms with van der Waals surface area (Å²) in [5, 5.41) is 6.10. The highest BCUT2D eigenvalue weighted by Gasteiger charge is 2.12. The number of para-hydroxylation sites is 1. The van der Waals surface area contributed by atoms with Crippen molar-refractivity contribution in [2.45, 2.75) is 26.4 Å². The van der Waals surface area contributed by atoms with E-state index in [0.717, 1.165) is 30.8 Å². The van der Waals surface area contributed by atoms with Gasteiger partial charge in [0.15, 0.2) is 0 Å². The quantitative estimate of drug-likeness (QED) is 0.848. The first-order chi connectivity index (χ1) is 9.76. The Hall–Kier alpha value is -2.07. The van der Waals surface area contributed by atoms with Crippen molar-refractivity contribution in [3.05, 3.63) is 53.9 Å². The molecule has 20 heavy (non-hydrogen) atoms. The van der Waals surface area contributed by atoms with Crippen molar-refractivity contribution in [2.24, 2.45) is 0 Å². The summed E-state index contributed by atoms with van der Waals surface area (Å²) >= 11 is 0. The van der Waals surface area contributed by atoms with Gasteiger partial charge in [-0.15, -0.1) is 0 Å². The lowest BCUT2D eigenvalue weighted by molar-refractivity contribution is 0.101. The molecule has 0 unspecified atom stereocenters. The van der Waals surface area contributed by atoms with Crippen LogP contribution < -0.4 is 10.6 Å². The second-order valence-corrected chi connectivity index (χ2v) is 4.73. The van der Waals surface area contributed by atoms with Gasteiger partial charge in [0.1, 0.15) is 5.69 Å². The standard InChI is InChI=1S/C16H21N3O/c1-3-10-19-11-6-9-15(19)16(20)18-14-8-5-4-7-13(14)12-17-2/h4-9,11,17H,3,10,12H2,1-2H3,(H,18,20). The highest BCUT2D eigenvalue weighted by Crippen LogP contribution is 2.16. The number of rotatable bonds is 6. The maximum Gasteiger partial charge on any atom is 0.272 e. The number of aromatic nitrogens is 1. The van der Waals surface area contributed by atoms with E-state index in [1.54, 1.807) is 0 Å². The number of carbonyl (C=O) groups is 1. The van der Waals surface area contributed by atoms with E-state index in [1.807, 2.05) is 54.2 Å². The minimum Gasteiger partial charge on any atom is -0.344 e. The number of amides is 1. The first-order valence-electron chi connectivity index (χ1n) is 6.95. The first kappa shape index (κ1) is 14.3. The molecule has 0 aliphatic heterocycles. The zero-order valence-electron chi connectivity index (χ0n) is 12.0. The highest BCUT2D eigenvalue weighted by molar-refractivity contribution is 6.03. The van der Waals surface area contributed by atoms with Crippen molar-refractivity contribution in [3.8, 4) is 0 Å². The van der Waals surface area contributed by atoms with Gasteiger partial charge in [-0.25, -0.2) is 0 Å². The smallest absolute Gasteiger partial charge is 0.272 e. The van der Waals surface area contributed by atoms with E-state index in [0.29, 0.717) is 5.69 Å². The number of hydrogen-bond donors (Lipinski definition) is 2. The molecular weight excluding hydrogens is 250 g/mol. The average molecular weight is 271 g/mol. The lowest BCUT2D eigenvalue weighted by atomic mass is 10.1. The van der Waals surface area contributed by atoms with Gasteiger partial charge in [0.05, 0.1) is 0 Å². The van der Waals surface area contributed by atoms with Gasteiger partial charge in [-0.1, -0.05) is 25.1 Å². The van der Waals surface area contributed by atoms with Crippen LogP contribution in [0.15, 0.2) is 42.6 Å². The number of hydrogen-bond acceptors (Lipinski definition) is 2. The second-order valence-electron chi connectivity index (χ2n) is 4.73. The Morgan fingerprint density at radius 1 is 1.20 bits per heavy atom. The molecule has 1 amide bonds. The Balaban J connectivity index is 2.17. The Labute approximate surface area is 119 Å².